The number of fused-ring (bicyclic) bond motifs is 1. The van der Waals surface area contributed by atoms with Gasteiger partial charge in [0.05, 0.1) is 22.8 Å². The monoisotopic (exact) mass is 316 g/mol. The van der Waals surface area contributed by atoms with E-state index in [-0.39, 0.29) is 27.7 Å². The van der Waals surface area contributed by atoms with E-state index >= 15 is 0 Å². The van der Waals surface area contributed by atoms with Crippen LogP contribution in [-0.2, 0) is 0 Å². The molecule has 0 aliphatic rings. The van der Waals surface area contributed by atoms with Crippen LogP contribution in [0.1, 0.15) is 16.1 Å². The third kappa shape index (κ3) is 2.26. The van der Waals surface area contributed by atoms with Gasteiger partial charge < -0.3 is 5.11 Å². The SMILES string of the molecule is Cc1c(C(=O)O)c2cccc(F)c2c(=O)n1-c1ccc(F)nc1. The molecule has 0 saturated heterocycles. The van der Waals surface area contributed by atoms with Gasteiger partial charge in [-0.05, 0) is 25.1 Å². The number of nitrogens with zero attached hydrogens (tertiary/aromatic N) is 2. The average Bonchev–Trinajstić information content (AvgIpc) is 2.48. The number of carbonyl (C=O) groups is 1. The van der Waals surface area contributed by atoms with E-state index in [0.29, 0.717) is 0 Å². The lowest BCUT2D eigenvalue weighted by atomic mass is 10.0. The predicted molar refractivity (Wildman–Crippen MR) is 79.0 cm³/mol. The molecule has 0 saturated carbocycles. The average molecular weight is 316 g/mol. The van der Waals surface area contributed by atoms with E-state index in [9.17, 15) is 23.5 Å². The Bertz CT molecular complexity index is 995. The molecular formula is C16H10F2N2O3. The summed E-state index contributed by atoms with van der Waals surface area (Å²) in [6, 6.07) is 6.11. The van der Waals surface area contributed by atoms with Crippen LogP contribution >= 0.6 is 0 Å². The minimum absolute atomic E-state index is 0.0197. The van der Waals surface area contributed by atoms with E-state index < -0.39 is 23.3 Å². The number of aromatic nitrogens is 2. The van der Waals surface area contributed by atoms with Crippen LogP contribution in [-0.4, -0.2) is 20.6 Å². The Morgan fingerprint density at radius 2 is 1.96 bits per heavy atom. The molecular weight excluding hydrogens is 306 g/mol. The number of carboxylic acid groups (broad SMARTS) is 1. The first kappa shape index (κ1) is 14.8. The fourth-order valence-corrected chi connectivity index (χ4v) is 2.60. The number of hydrogen-bond donors (Lipinski definition) is 1. The second-order valence-corrected chi connectivity index (χ2v) is 4.91. The smallest absolute Gasteiger partial charge is 0.338 e. The Morgan fingerprint density at radius 3 is 2.57 bits per heavy atom. The van der Waals surface area contributed by atoms with Crippen LogP contribution in [0, 0.1) is 18.7 Å². The summed E-state index contributed by atoms with van der Waals surface area (Å²) in [6.45, 7) is 1.43. The molecule has 1 aromatic carbocycles. The van der Waals surface area contributed by atoms with Crippen molar-refractivity contribution < 1.29 is 18.7 Å². The van der Waals surface area contributed by atoms with Gasteiger partial charge in [-0.25, -0.2) is 14.2 Å². The van der Waals surface area contributed by atoms with E-state index in [1.165, 1.54) is 25.1 Å². The lowest BCUT2D eigenvalue weighted by Gasteiger charge is -2.15. The number of rotatable bonds is 2. The molecule has 3 rings (SSSR count). The van der Waals surface area contributed by atoms with Gasteiger partial charge in [0.25, 0.3) is 5.56 Å². The maximum atomic E-state index is 14.1. The van der Waals surface area contributed by atoms with Gasteiger partial charge in [0, 0.05) is 11.1 Å². The van der Waals surface area contributed by atoms with Crippen LogP contribution in [0.4, 0.5) is 8.78 Å². The van der Waals surface area contributed by atoms with Crippen molar-refractivity contribution in [2.75, 3.05) is 0 Å². The molecule has 1 N–H and O–H groups in total. The molecule has 0 atom stereocenters. The van der Waals surface area contributed by atoms with Crippen LogP contribution < -0.4 is 5.56 Å². The molecule has 0 aliphatic heterocycles. The summed E-state index contributed by atoms with van der Waals surface area (Å²) in [5.74, 6) is -2.86. The zero-order valence-corrected chi connectivity index (χ0v) is 11.9. The summed E-state index contributed by atoms with van der Waals surface area (Å²) in [4.78, 5) is 27.7. The molecule has 3 aromatic rings. The highest BCUT2D eigenvalue weighted by Crippen LogP contribution is 2.23. The van der Waals surface area contributed by atoms with Crippen molar-refractivity contribution in [3.8, 4) is 5.69 Å². The second kappa shape index (κ2) is 5.28. The van der Waals surface area contributed by atoms with Gasteiger partial charge in [-0.15, -0.1) is 0 Å². The largest absolute Gasteiger partial charge is 0.478 e. The Hall–Kier alpha value is -3.09. The number of carboxylic acids is 1. The summed E-state index contributed by atoms with van der Waals surface area (Å²) < 4.78 is 28.1. The lowest BCUT2D eigenvalue weighted by molar-refractivity contribution is 0.0697. The summed E-state index contributed by atoms with van der Waals surface area (Å²) >= 11 is 0. The van der Waals surface area contributed by atoms with Crippen LogP contribution in [0.3, 0.4) is 0 Å². The summed E-state index contributed by atoms with van der Waals surface area (Å²) in [5, 5.41) is 9.13. The molecule has 7 heteroatoms. The molecule has 0 amide bonds. The maximum absolute atomic E-state index is 14.1. The van der Waals surface area contributed by atoms with Gasteiger partial charge >= 0.3 is 5.97 Å². The van der Waals surface area contributed by atoms with E-state index in [1.807, 2.05) is 0 Å². The molecule has 0 spiro atoms. The van der Waals surface area contributed by atoms with Gasteiger partial charge in [-0.3, -0.25) is 9.36 Å². The zero-order chi connectivity index (χ0) is 16.7. The Morgan fingerprint density at radius 1 is 1.22 bits per heavy atom. The Labute approximate surface area is 128 Å². The molecule has 0 aliphatic carbocycles. The van der Waals surface area contributed by atoms with Gasteiger partial charge in [-0.2, -0.15) is 4.39 Å². The highest BCUT2D eigenvalue weighted by molar-refractivity contribution is 6.04. The molecule has 0 bridgehead atoms. The fourth-order valence-electron chi connectivity index (χ4n) is 2.60. The van der Waals surface area contributed by atoms with Crippen LogP contribution in [0.2, 0.25) is 0 Å². The topological polar surface area (TPSA) is 72.2 Å². The van der Waals surface area contributed by atoms with Gasteiger partial charge in [0.15, 0.2) is 0 Å². The van der Waals surface area contributed by atoms with Crippen LogP contribution in [0.15, 0.2) is 41.3 Å². The normalized spacial score (nSPS) is 10.9. The minimum Gasteiger partial charge on any atom is -0.478 e. The first-order chi connectivity index (χ1) is 10.9. The van der Waals surface area contributed by atoms with E-state index in [2.05, 4.69) is 4.98 Å². The van der Waals surface area contributed by atoms with E-state index in [4.69, 9.17) is 0 Å². The molecule has 0 radical (unpaired) electrons. The summed E-state index contributed by atoms with van der Waals surface area (Å²) in [7, 11) is 0. The maximum Gasteiger partial charge on any atom is 0.338 e. The van der Waals surface area contributed by atoms with Crippen molar-refractivity contribution in [1.82, 2.24) is 9.55 Å². The number of hydrogen-bond acceptors (Lipinski definition) is 3. The van der Waals surface area contributed by atoms with Crippen molar-refractivity contribution in [3.63, 3.8) is 0 Å². The van der Waals surface area contributed by atoms with Gasteiger partial charge in [0.2, 0.25) is 5.95 Å². The third-order valence-electron chi connectivity index (χ3n) is 3.58. The number of aromatic carboxylic acids is 1. The first-order valence-electron chi connectivity index (χ1n) is 6.61. The Kier molecular flexibility index (Phi) is 3.40. The van der Waals surface area contributed by atoms with Crippen molar-refractivity contribution in [2.24, 2.45) is 0 Å². The molecule has 116 valence electrons. The standard InChI is InChI=1S/C16H10F2N2O3/c1-8-13(16(22)23)10-3-2-4-11(17)14(10)15(21)20(8)9-5-6-12(18)19-7-9/h2-7H,1H3,(H,22,23). The number of halogens is 2. The highest BCUT2D eigenvalue weighted by Gasteiger charge is 2.21. The van der Waals surface area contributed by atoms with Crippen molar-refractivity contribution in [1.29, 1.82) is 0 Å². The quantitative estimate of drug-likeness (QED) is 0.738. The zero-order valence-electron chi connectivity index (χ0n) is 11.9. The molecule has 5 nitrogen and oxygen atoms in total. The summed E-state index contributed by atoms with van der Waals surface area (Å²) in [6.07, 6.45) is 1.09. The predicted octanol–water partition coefficient (Wildman–Crippen LogP) is 2.67. The summed E-state index contributed by atoms with van der Waals surface area (Å²) in [5.41, 5.74) is -0.659. The third-order valence-corrected chi connectivity index (χ3v) is 3.58. The van der Waals surface area contributed by atoms with Gasteiger partial charge in [-0.1, -0.05) is 12.1 Å². The molecule has 23 heavy (non-hydrogen) atoms. The fraction of sp³-hybridized carbons (Fsp3) is 0.0625. The van der Waals surface area contributed by atoms with E-state index in [0.717, 1.165) is 22.9 Å². The molecule has 2 heterocycles. The number of benzene rings is 1. The second-order valence-electron chi connectivity index (χ2n) is 4.91. The molecule has 0 unspecified atom stereocenters. The van der Waals surface area contributed by atoms with Crippen LogP contribution in [0.5, 0.6) is 0 Å². The first-order valence-corrected chi connectivity index (χ1v) is 6.61. The van der Waals surface area contributed by atoms with E-state index in [1.54, 1.807) is 0 Å². The molecule has 0 fully saturated rings. The minimum atomic E-state index is -1.29. The molecule has 2 aromatic heterocycles. The number of pyridine rings is 2. The highest BCUT2D eigenvalue weighted by atomic mass is 19.1. The van der Waals surface area contributed by atoms with Gasteiger partial charge in [0.1, 0.15) is 5.82 Å². The van der Waals surface area contributed by atoms with Crippen LogP contribution in [0.25, 0.3) is 16.5 Å². The van der Waals surface area contributed by atoms with Crippen molar-refractivity contribution >= 4 is 16.7 Å². The van der Waals surface area contributed by atoms with Crippen molar-refractivity contribution in [2.45, 2.75) is 6.92 Å². The lowest BCUT2D eigenvalue weighted by Crippen LogP contribution is -2.25. The van der Waals surface area contributed by atoms with Crippen molar-refractivity contribution in [3.05, 3.63) is 69.9 Å². The Balaban J connectivity index is 2.53.